The number of aromatic hydroxyl groups is 2. The maximum atomic E-state index is 14.8. The fourth-order valence-corrected chi connectivity index (χ4v) is 10.4. The molecule has 2 fully saturated rings. The Labute approximate surface area is 439 Å². The Morgan fingerprint density at radius 2 is 1.50 bits per heavy atom. The number of nitrogens with one attached hydrogen (secondary N) is 7. The van der Waals surface area contributed by atoms with Crippen molar-refractivity contribution in [2.45, 2.75) is 120 Å². The third-order valence-corrected chi connectivity index (χ3v) is 14.5. The van der Waals surface area contributed by atoms with E-state index in [-0.39, 0.29) is 72.6 Å². The second kappa shape index (κ2) is 29.0. The zero-order valence-corrected chi connectivity index (χ0v) is 43.4. The highest BCUT2D eigenvalue weighted by atomic mass is 35.5. The number of phenols is 2. The van der Waals surface area contributed by atoms with Crippen molar-refractivity contribution in [1.82, 2.24) is 42.1 Å². The summed E-state index contributed by atoms with van der Waals surface area (Å²) in [5.41, 5.74) is 12.4. The molecule has 2 aromatic carbocycles. The minimum Gasteiger partial charge on any atom is -0.508 e. The van der Waals surface area contributed by atoms with Crippen LogP contribution in [-0.4, -0.2) is 170 Å². The second-order valence-corrected chi connectivity index (χ2v) is 21.3. The van der Waals surface area contributed by atoms with E-state index >= 15 is 0 Å². The van der Waals surface area contributed by atoms with Gasteiger partial charge in [-0.3, -0.25) is 47.9 Å². The number of nitrogens with two attached hydrogens (primary N) is 2. The summed E-state index contributed by atoms with van der Waals surface area (Å²) in [6.07, 6.45) is -3.07. The van der Waals surface area contributed by atoms with Crippen molar-refractivity contribution in [2.24, 2.45) is 17.4 Å². The summed E-state index contributed by atoms with van der Waals surface area (Å²) in [5, 5.41) is 58.3. The molecule has 0 saturated carbocycles. The van der Waals surface area contributed by atoms with Gasteiger partial charge in [-0.1, -0.05) is 65.2 Å². The molecule has 0 radical (unpaired) electrons. The summed E-state index contributed by atoms with van der Waals surface area (Å²) in [4.78, 5) is 137. The van der Waals surface area contributed by atoms with Gasteiger partial charge in [0.15, 0.2) is 5.78 Å². The van der Waals surface area contributed by atoms with Crippen LogP contribution in [0.1, 0.15) is 64.0 Å². The number of rotatable bonds is 18. The molecular formula is C47H65ClN10O14S2. The highest BCUT2D eigenvalue weighted by molar-refractivity contribution is 8.76. The van der Waals surface area contributed by atoms with Gasteiger partial charge in [0.2, 0.25) is 47.3 Å². The van der Waals surface area contributed by atoms with E-state index in [1.54, 1.807) is 13.8 Å². The summed E-state index contributed by atoms with van der Waals surface area (Å²) < 4.78 is 0. The van der Waals surface area contributed by atoms with Crippen molar-refractivity contribution < 1.29 is 68.4 Å². The monoisotopic (exact) mass is 1090 g/mol. The second-order valence-electron chi connectivity index (χ2n) is 18.3. The van der Waals surface area contributed by atoms with Gasteiger partial charge in [-0.15, -0.1) is 0 Å². The van der Waals surface area contributed by atoms with Crippen molar-refractivity contribution >= 4 is 92.2 Å². The lowest BCUT2D eigenvalue weighted by Crippen LogP contribution is -2.60. The number of phenolic OH excluding ortho intramolecular Hbond substituents is 2. The molecular weight excluding hydrogens is 1030 g/mol. The van der Waals surface area contributed by atoms with Crippen LogP contribution in [0.5, 0.6) is 11.5 Å². The summed E-state index contributed by atoms with van der Waals surface area (Å²) in [5.74, 6) is -9.69. The van der Waals surface area contributed by atoms with Gasteiger partial charge in [-0.05, 0) is 74.0 Å². The summed E-state index contributed by atoms with van der Waals surface area (Å²) in [6, 6.07) is -1.31. The minimum absolute atomic E-state index is 0.0430. The van der Waals surface area contributed by atoms with Gasteiger partial charge in [0.25, 0.3) is 0 Å². The number of carbonyl (C=O) groups is 10. The Kier molecular flexibility index (Phi) is 23.7. The highest BCUT2D eigenvalue weighted by Crippen LogP contribution is 2.28. The van der Waals surface area contributed by atoms with Crippen LogP contribution in [0.15, 0.2) is 42.5 Å². The summed E-state index contributed by atoms with van der Waals surface area (Å²) >= 11 is 6.15. The first-order valence-electron chi connectivity index (χ1n) is 23.7. The smallest absolute Gasteiger partial charge is 0.303 e. The number of carboxylic acids is 1. The predicted molar refractivity (Wildman–Crippen MR) is 273 cm³/mol. The quantitative estimate of drug-likeness (QED) is 0.0725. The molecule has 15 N–H and O–H groups in total. The number of carbonyl (C=O) groups excluding carboxylic acids is 9. The van der Waals surface area contributed by atoms with Crippen LogP contribution >= 0.6 is 33.2 Å². The fourth-order valence-electron chi connectivity index (χ4n) is 7.82. The molecule has 406 valence electrons. The predicted octanol–water partition coefficient (Wildman–Crippen LogP) is -1.91. The molecule has 9 atom stereocenters. The molecule has 8 amide bonds. The van der Waals surface area contributed by atoms with E-state index in [1.165, 1.54) is 49.4 Å². The summed E-state index contributed by atoms with van der Waals surface area (Å²) in [7, 11) is 1.98. The number of fused-ring (bicyclic) bond motifs is 1. The molecule has 2 heterocycles. The Morgan fingerprint density at radius 1 is 0.838 bits per heavy atom. The highest BCUT2D eigenvalue weighted by Gasteiger charge is 2.43. The Morgan fingerprint density at radius 3 is 2.14 bits per heavy atom. The first kappa shape index (κ1) is 60.4. The molecule has 2 aliphatic heterocycles. The van der Waals surface area contributed by atoms with Gasteiger partial charge < -0.3 is 74.0 Å². The number of aliphatic hydroxyl groups excluding tert-OH is 1. The average Bonchev–Trinajstić information content (AvgIpc) is 3.74. The van der Waals surface area contributed by atoms with E-state index < -0.39 is 139 Å². The number of aliphatic carboxylic acids is 1. The standard InChI is InChI=1S/C47H65ClN10O14S2/c1-23(2)14-32-44(69)56-35(24(3)59)21-73-74-22-36(57-43(68)31(9-11-40(64)65)53-45(70)34(54-41(66)30(50)12-13-49)16-25-4-7-27(60)8-5-25)47(72)58-20-28(61)18-37(58)46(71)55-33(42(67)51-19-39(63)52-32)17-26-6-10-38(62)29(48)15-26/h4-8,10,15,23,28,30-37,60-62H,9,11-14,16-22,49-50H2,1-3H3,(H,51,67)(H,52,63)(H,53,70)(H,54,66)(H,55,71)(H,56,69)(H,57,68)(H,64,65)/t28?,30-,31+,32-,33-,34-,35-,36-,37?/m0/s1. The Balaban J connectivity index is 1.73. The normalized spacial score (nSPS) is 22.6. The van der Waals surface area contributed by atoms with Crippen molar-refractivity contribution in [2.75, 3.05) is 31.1 Å². The number of ketones is 1. The number of carboxylic acid groups (broad SMARTS) is 1. The van der Waals surface area contributed by atoms with Gasteiger partial charge in [-0.25, -0.2) is 0 Å². The average molecular weight is 1090 g/mol. The first-order valence-corrected chi connectivity index (χ1v) is 26.6. The first-order chi connectivity index (χ1) is 34.9. The lowest BCUT2D eigenvalue weighted by Gasteiger charge is -2.31. The van der Waals surface area contributed by atoms with Crippen molar-refractivity contribution in [3.63, 3.8) is 0 Å². The third kappa shape index (κ3) is 18.9. The molecule has 24 nitrogen and oxygen atoms in total. The topological polar surface area (TPSA) is 391 Å². The van der Waals surface area contributed by atoms with Gasteiger partial charge >= 0.3 is 5.97 Å². The van der Waals surface area contributed by atoms with Crippen molar-refractivity contribution in [1.29, 1.82) is 0 Å². The van der Waals surface area contributed by atoms with Crippen LogP contribution in [0.3, 0.4) is 0 Å². The van der Waals surface area contributed by atoms with Crippen LogP contribution in [0.4, 0.5) is 0 Å². The molecule has 4 rings (SSSR count). The lowest BCUT2D eigenvalue weighted by atomic mass is 10.0. The molecule has 2 saturated heterocycles. The molecule has 0 aromatic heterocycles. The van der Waals surface area contributed by atoms with E-state index in [1.807, 2.05) is 0 Å². The van der Waals surface area contributed by atoms with Crippen molar-refractivity contribution in [3.05, 3.63) is 58.6 Å². The minimum atomic E-state index is -1.67. The Hall–Kier alpha value is -6.19. The third-order valence-electron chi connectivity index (χ3n) is 11.8. The maximum absolute atomic E-state index is 14.8. The van der Waals surface area contributed by atoms with E-state index in [4.69, 9.17) is 23.1 Å². The van der Waals surface area contributed by atoms with Gasteiger partial charge in [0.1, 0.15) is 47.8 Å². The number of nitrogens with zero attached hydrogens (tertiary/aromatic N) is 1. The molecule has 74 heavy (non-hydrogen) atoms. The zero-order valence-electron chi connectivity index (χ0n) is 41.0. The number of benzene rings is 2. The van der Waals surface area contributed by atoms with Crippen LogP contribution in [0.2, 0.25) is 5.02 Å². The number of Topliss-reactive ketones (excluding diaryl/α,β-unsaturated/α-hetero) is 1. The van der Waals surface area contributed by atoms with Crippen LogP contribution in [0, 0.1) is 5.92 Å². The number of hydrogen-bond donors (Lipinski definition) is 13. The van der Waals surface area contributed by atoms with E-state index in [0.717, 1.165) is 26.5 Å². The van der Waals surface area contributed by atoms with Gasteiger partial charge in [-0.2, -0.15) is 0 Å². The van der Waals surface area contributed by atoms with Crippen LogP contribution in [0.25, 0.3) is 0 Å². The maximum Gasteiger partial charge on any atom is 0.303 e. The molecule has 27 heteroatoms. The number of amides is 8. The molecule has 0 bridgehead atoms. The number of aliphatic hydroxyl groups is 1. The van der Waals surface area contributed by atoms with Crippen molar-refractivity contribution in [3.8, 4) is 11.5 Å². The SMILES string of the molecule is CC(=O)[C@@H]1CSSC[C@H](NC(=O)[C@@H](CCC(=O)O)NC(=O)[C@H](Cc2ccc(O)cc2)NC(=O)[C@@H](N)CCN)C(=O)N2CC(O)CC2C(=O)N[C@@H](Cc2ccc(O)c(Cl)c2)C(=O)NCC(=O)N[C@@H](CC(C)C)C(=O)N1. The van der Waals surface area contributed by atoms with Gasteiger partial charge in [0, 0.05) is 43.7 Å². The summed E-state index contributed by atoms with van der Waals surface area (Å²) in [6.45, 7) is 3.78. The van der Waals surface area contributed by atoms with E-state index in [0.29, 0.717) is 11.1 Å². The van der Waals surface area contributed by atoms with Crippen LogP contribution in [-0.2, 0) is 60.8 Å². The number of halogens is 1. The number of hydrogen-bond acceptors (Lipinski definition) is 17. The largest absolute Gasteiger partial charge is 0.508 e. The molecule has 2 unspecified atom stereocenters. The zero-order chi connectivity index (χ0) is 54.8. The van der Waals surface area contributed by atoms with E-state index in [9.17, 15) is 68.4 Å². The molecule has 2 aromatic rings. The molecule has 2 aliphatic rings. The van der Waals surface area contributed by atoms with E-state index in [2.05, 4.69) is 37.2 Å². The fraction of sp³-hybridized carbons (Fsp3) is 0.532. The molecule has 0 spiro atoms. The lowest BCUT2D eigenvalue weighted by molar-refractivity contribution is -0.142. The molecule has 0 aliphatic carbocycles. The Bertz CT molecular complexity index is 2370. The van der Waals surface area contributed by atoms with Gasteiger partial charge in [0.05, 0.1) is 29.8 Å². The van der Waals surface area contributed by atoms with Crippen LogP contribution < -0.4 is 48.7 Å².